The molecule has 156 valence electrons. The molecular weight excluding hydrogens is 412 g/mol. The average Bonchev–Trinajstić information content (AvgIpc) is 3.03. The monoisotopic (exact) mass is 438 g/mol. The highest BCUT2D eigenvalue weighted by atomic mass is 32.2. The van der Waals surface area contributed by atoms with Gasteiger partial charge < -0.3 is 5.32 Å². The third kappa shape index (κ3) is 5.41. The molecule has 1 amide bonds. The quantitative estimate of drug-likeness (QED) is 0.590. The maximum atomic E-state index is 12.5. The van der Waals surface area contributed by atoms with E-state index in [1.807, 2.05) is 12.1 Å². The minimum atomic E-state index is -0.109. The second-order valence-corrected chi connectivity index (χ2v) is 10.4. The Morgan fingerprint density at radius 1 is 1.37 bits per heavy atom. The maximum Gasteiger partial charge on any atom is 0.225 e. The Kier molecular flexibility index (Phi) is 7.53. The van der Waals surface area contributed by atoms with Gasteiger partial charge in [-0.25, -0.2) is 4.98 Å². The van der Waals surface area contributed by atoms with E-state index in [2.05, 4.69) is 43.2 Å². The van der Waals surface area contributed by atoms with E-state index in [4.69, 9.17) is 0 Å². The van der Waals surface area contributed by atoms with Crippen LogP contribution in [0.15, 0.2) is 17.2 Å². The van der Waals surface area contributed by atoms with Crippen LogP contribution in [-0.2, 0) is 24.1 Å². The summed E-state index contributed by atoms with van der Waals surface area (Å²) in [5, 5.41) is 23.2. The Morgan fingerprint density at radius 2 is 2.17 bits per heavy atom. The first-order chi connectivity index (χ1) is 14.4. The number of carbonyl (C=O) groups is 1. The Balaban J connectivity index is 1.61. The molecule has 7 heteroatoms. The molecule has 0 bridgehead atoms. The molecule has 2 aromatic heterocycles. The van der Waals surface area contributed by atoms with Gasteiger partial charge in [0.15, 0.2) is 0 Å². The van der Waals surface area contributed by atoms with Gasteiger partial charge in [0.2, 0.25) is 5.91 Å². The van der Waals surface area contributed by atoms with E-state index in [0.717, 1.165) is 36.9 Å². The summed E-state index contributed by atoms with van der Waals surface area (Å²) in [5.74, 6) is 1.53. The molecule has 0 radical (unpaired) electrons. The fourth-order valence-electron chi connectivity index (χ4n) is 3.59. The highest BCUT2D eigenvalue weighted by Crippen LogP contribution is 2.39. The molecule has 0 aliphatic heterocycles. The number of thiophene rings is 1. The zero-order chi connectivity index (χ0) is 21.7. The van der Waals surface area contributed by atoms with E-state index in [-0.39, 0.29) is 5.91 Å². The molecule has 1 aliphatic carbocycles. The van der Waals surface area contributed by atoms with Crippen LogP contribution < -0.4 is 5.32 Å². The van der Waals surface area contributed by atoms with Crippen LogP contribution in [0.5, 0.6) is 0 Å². The van der Waals surface area contributed by atoms with Gasteiger partial charge in [0.1, 0.15) is 22.2 Å². The molecule has 1 N–H and O–H groups in total. The first kappa shape index (κ1) is 22.3. The van der Waals surface area contributed by atoms with Gasteiger partial charge >= 0.3 is 0 Å². The van der Waals surface area contributed by atoms with Crippen LogP contribution in [0.25, 0.3) is 0 Å². The van der Waals surface area contributed by atoms with E-state index < -0.39 is 0 Å². The standard InChI is InChI=1S/C23H26N4OS2/c1-14(2)10-17-6-5-16(12-24)22(26-17)29-9-8-21(28)27-23-19(13-25)18-7-4-15(3)11-20(18)30-23/h5-6,14-15H,4,7-11H2,1-3H3,(H,27,28). The first-order valence-electron chi connectivity index (χ1n) is 10.3. The van der Waals surface area contributed by atoms with Gasteiger partial charge in [0.05, 0.1) is 11.1 Å². The Hall–Kier alpha value is -2.35. The predicted molar refractivity (Wildman–Crippen MR) is 122 cm³/mol. The summed E-state index contributed by atoms with van der Waals surface area (Å²) in [4.78, 5) is 18.3. The summed E-state index contributed by atoms with van der Waals surface area (Å²) in [5.41, 5.74) is 3.26. The third-order valence-corrected chi connectivity index (χ3v) is 7.26. The number of hydrogen-bond donors (Lipinski definition) is 1. The number of thioether (sulfide) groups is 1. The summed E-state index contributed by atoms with van der Waals surface area (Å²) in [6.45, 7) is 6.50. The fraction of sp³-hybridized carbons (Fsp3) is 0.478. The van der Waals surface area contributed by atoms with E-state index in [1.54, 1.807) is 11.3 Å². The van der Waals surface area contributed by atoms with Crippen molar-refractivity contribution >= 4 is 34.0 Å². The molecule has 0 saturated carbocycles. The van der Waals surface area contributed by atoms with Crippen molar-refractivity contribution in [1.82, 2.24) is 4.98 Å². The van der Waals surface area contributed by atoms with E-state index in [9.17, 15) is 15.3 Å². The van der Waals surface area contributed by atoms with E-state index >= 15 is 0 Å². The molecule has 1 unspecified atom stereocenters. The number of aromatic nitrogens is 1. The molecule has 1 aliphatic rings. The molecular formula is C23H26N4OS2. The van der Waals surface area contributed by atoms with Crippen LogP contribution in [0.2, 0.25) is 0 Å². The number of nitrogens with zero attached hydrogens (tertiary/aromatic N) is 3. The van der Waals surface area contributed by atoms with Gasteiger partial charge in [0.25, 0.3) is 0 Å². The molecule has 5 nitrogen and oxygen atoms in total. The van der Waals surface area contributed by atoms with Gasteiger partial charge in [-0.05, 0) is 55.2 Å². The predicted octanol–water partition coefficient (Wildman–Crippen LogP) is 5.33. The van der Waals surface area contributed by atoms with Crippen molar-refractivity contribution in [1.29, 1.82) is 10.5 Å². The van der Waals surface area contributed by atoms with Crippen molar-refractivity contribution < 1.29 is 4.79 Å². The fourth-order valence-corrected chi connectivity index (χ4v) is 5.90. The minimum Gasteiger partial charge on any atom is -0.317 e. The van der Waals surface area contributed by atoms with Crippen LogP contribution in [-0.4, -0.2) is 16.6 Å². The third-order valence-electron chi connectivity index (χ3n) is 5.10. The highest BCUT2D eigenvalue weighted by Gasteiger charge is 2.24. The second kappa shape index (κ2) is 10.1. The molecule has 2 aromatic rings. The van der Waals surface area contributed by atoms with E-state index in [0.29, 0.717) is 45.2 Å². The lowest BCUT2D eigenvalue weighted by Gasteiger charge is -2.17. The molecule has 0 spiro atoms. The van der Waals surface area contributed by atoms with Gasteiger partial charge in [-0.2, -0.15) is 10.5 Å². The van der Waals surface area contributed by atoms with Crippen molar-refractivity contribution in [2.24, 2.45) is 11.8 Å². The summed E-state index contributed by atoms with van der Waals surface area (Å²) in [7, 11) is 0. The Labute approximate surface area is 186 Å². The number of nitrogens with one attached hydrogen (secondary N) is 1. The average molecular weight is 439 g/mol. The zero-order valence-electron chi connectivity index (χ0n) is 17.6. The molecule has 0 fully saturated rings. The number of fused-ring (bicyclic) bond motifs is 1. The topological polar surface area (TPSA) is 89.6 Å². The lowest BCUT2D eigenvalue weighted by atomic mass is 9.89. The van der Waals surface area contributed by atoms with Crippen molar-refractivity contribution in [3.63, 3.8) is 0 Å². The van der Waals surface area contributed by atoms with Gasteiger partial charge in [-0.3, -0.25) is 4.79 Å². The number of hydrogen-bond acceptors (Lipinski definition) is 6. The lowest BCUT2D eigenvalue weighted by Crippen LogP contribution is -2.12. The number of amides is 1. The molecule has 3 rings (SSSR count). The van der Waals surface area contributed by atoms with Crippen LogP contribution >= 0.6 is 23.1 Å². The van der Waals surface area contributed by atoms with Crippen LogP contribution in [0, 0.1) is 34.5 Å². The van der Waals surface area contributed by atoms with Crippen LogP contribution in [0.3, 0.4) is 0 Å². The number of anilines is 1. The number of nitriles is 2. The minimum absolute atomic E-state index is 0.109. The number of pyridine rings is 1. The highest BCUT2D eigenvalue weighted by molar-refractivity contribution is 7.99. The molecule has 1 atom stereocenters. The Bertz CT molecular complexity index is 1010. The molecule has 0 saturated heterocycles. The first-order valence-corrected chi connectivity index (χ1v) is 12.1. The van der Waals surface area contributed by atoms with E-state index in [1.165, 1.54) is 16.6 Å². The van der Waals surface area contributed by atoms with Crippen molar-refractivity contribution in [3.05, 3.63) is 39.4 Å². The number of carbonyl (C=O) groups excluding carboxylic acids is 1. The summed E-state index contributed by atoms with van der Waals surface area (Å²) >= 11 is 2.98. The van der Waals surface area contributed by atoms with Crippen molar-refractivity contribution in [3.8, 4) is 12.1 Å². The van der Waals surface area contributed by atoms with Gasteiger partial charge in [0, 0.05) is 22.7 Å². The molecule has 2 heterocycles. The van der Waals surface area contributed by atoms with Crippen LogP contribution in [0.1, 0.15) is 60.9 Å². The van der Waals surface area contributed by atoms with Gasteiger partial charge in [-0.15, -0.1) is 23.1 Å². The SMILES string of the molecule is CC(C)Cc1ccc(C#N)c(SCCC(=O)Nc2sc3c(c2C#N)CCC(C)C3)n1. The molecule has 30 heavy (non-hydrogen) atoms. The lowest BCUT2D eigenvalue weighted by molar-refractivity contribution is -0.115. The molecule has 0 aromatic carbocycles. The normalized spacial score (nSPS) is 15.3. The zero-order valence-corrected chi connectivity index (χ0v) is 19.3. The smallest absolute Gasteiger partial charge is 0.225 e. The number of rotatable bonds is 7. The van der Waals surface area contributed by atoms with Gasteiger partial charge in [-0.1, -0.05) is 20.8 Å². The second-order valence-electron chi connectivity index (χ2n) is 8.18. The van der Waals surface area contributed by atoms with Crippen LogP contribution in [0.4, 0.5) is 5.00 Å². The Morgan fingerprint density at radius 3 is 2.87 bits per heavy atom. The van der Waals surface area contributed by atoms with Crippen molar-refractivity contribution in [2.45, 2.75) is 57.9 Å². The van der Waals surface area contributed by atoms with Crippen molar-refractivity contribution in [2.75, 3.05) is 11.1 Å². The maximum absolute atomic E-state index is 12.5. The summed E-state index contributed by atoms with van der Waals surface area (Å²) in [6.07, 6.45) is 4.15. The largest absolute Gasteiger partial charge is 0.317 e. The summed E-state index contributed by atoms with van der Waals surface area (Å²) < 4.78 is 0. The summed E-state index contributed by atoms with van der Waals surface area (Å²) in [6, 6.07) is 8.18.